The average Bonchev–Trinajstić information content (AvgIpc) is 2.53. The Bertz CT molecular complexity index is 578. The van der Waals surface area contributed by atoms with Gasteiger partial charge in [-0.25, -0.2) is 0 Å². The molecule has 3 nitrogen and oxygen atoms in total. The molecule has 0 radical (unpaired) electrons. The van der Waals surface area contributed by atoms with E-state index in [0.717, 1.165) is 33.1 Å². The molecule has 0 saturated carbocycles. The summed E-state index contributed by atoms with van der Waals surface area (Å²) in [5.74, 6) is 0. The van der Waals surface area contributed by atoms with Gasteiger partial charge in [0.1, 0.15) is 0 Å². The van der Waals surface area contributed by atoms with Crippen molar-refractivity contribution in [2.45, 2.75) is 20.4 Å². The SMILES string of the molecule is Cc1nn(C)c(C)c1NCc1ccc(Cl)cc1Br. The van der Waals surface area contributed by atoms with Crippen LogP contribution in [0.1, 0.15) is 17.0 Å². The van der Waals surface area contributed by atoms with E-state index < -0.39 is 0 Å². The number of hydrogen-bond acceptors (Lipinski definition) is 2. The summed E-state index contributed by atoms with van der Waals surface area (Å²) in [7, 11) is 1.95. The molecule has 0 bridgehead atoms. The van der Waals surface area contributed by atoms with E-state index in [1.54, 1.807) is 0 Å². The summed E-state index contributed by atoms with van der Waals surface area (Å²) < 4.78 is 2.90. The van der Waals surface area contributed by atoms with Crippen LogP contribution >= 0.6 is 27.5 Å². The molecule has 1 heterocycles. The van der Waals surface area contributed by atoms with E-state index in [-0.39, 0.29) is 0 Å². The van der Waals surface area contributed by atoms with E-state index in [9.17, 15) is 0 Å². The van der Waals surface area contributed by atoms with Gasteiger partial charge in [0.25, 0.3) is 0 Å². The van der Waals surface area contributed by atoms with Crippen LogP contribution in [0, 0.1) is 13.8 Å². The molecule has 0 aliphatic rings. The number of anilines is 1. The standard InChI is InChI=1S/C13H15BrClN3/c1-8-13(9(2)18(3)17-8)16-7-10-4-5-11(15)6-12(10)14/h4-6,16H,7H2,1-3H3. The Morgan fingerprint density at radius 2 is 2.11 bits per heavy atom. The zero-order valence-corrected chi connectivity index (χ0v) is 12.9. The lowest BCUT2D eigenvalue weighted by Gasteiger charge is -2.09. The molecule has 0 spiro atoms. The number of benzene rings is 1. The third-order valence-electron chi connectivity index (χ3n) is 2.98. The van der Waals surface area contributed by atoms with E-state index in [1.807, 2.05) is 36.9 Å². The smallest absolute Gasteiger partial charge is 0.0827 e. The Morgan fingerprint density at radius 3 is 2.67 bits per heavy atom. The van der Waals surface area contributed by atoms with Crippen LogP contribution < -0.4 is 5.32 Å². The molecule has 1 aromatic heterocycles. The van der Waals surface area contributed by atoms with Crippen molar-refractivity contribution < 1.29 is 0 Å². The third-order valence-corrected chi connectivity index (χ3v) is 3.95. The molecular formula is C13H15BrClN3. The first-order valence-corrected chi connectivity index (χ1v) is 6.84. The van der Waals surface area contributed by atoms with Crippen LogP contribution in [0.3, 0.4) is 0 Å². The minimum atomic E-state index is 0.736. The van der Waals surface area contributed by atoms with Crippen LogP contribution in [0.5, 0.6) is 0 Å². The molecule has 2 aromatic rings. The highest BCUT2D eigenvalue weighted by atomic mass is 79.9. The fourth-order valence-corrected chi connectivity index (χ4v) is 2.70. The maximum Gasteiger partial charge on any atom is 0.0827 e. The highest BCUT2D eigenvalue weighted by Crippen LogP contribution is 2.24. The van der Waals surface area contributed by atoms with Crippen molar-refractivity contribution in [1.29, 1.82) is 0 Å². The third kappa shape index (κ3) is 2.70. The van der Waals surface area contributed by atoms with Crippen LogP contribution in [0.4, 0.5) is 5.69 Å². The number of nitrogens with one attached hydrogen (secondary N) is 1. The van der Waals surface area contributed by atoms with Gasteiger partial charge < -0.3 is 5.32 Å². The van der Waals surface area contributed by atoms with Crippen molar-refractivity contribution in [3.63, 3.8) is 0 Å². The molecule has 0 aliphatic heterocycles. The maximum atomic E-state index is 5.92. The molecule has 96 valence electrons. The number of aryl methyl sites for hydroxylation is 2. The zero-order chi connectivity index (χ0) is 13.3. The lowest BCUT2D eigenvalue weighted by atomic mass is 10.2. The highest BCUT2D eigenvalue weighted by molar-refractivity contribution is 9.10. The first kappa shape index (κ1) is 13.4. The molecule has 0 saturated heterocycles. The molecular weight excluding hydrogens is 314 g/mol. The van der Waals surface area contributed by atoms with Crippen LogP contribution in [0.25, 0.3) is 0 Å². The van der Waals surface area contributed by atoms with Gasteiger partial charge in [0.15, 0.2) is 0 Å². The lowest BCUT2D eigenvalue weighted by molar-refractivity contribution is 0.731. The van der Waals surface area contributed by atoms with Gasteiger partial charge >= 0.3 is 0 Å². The zero-order valence-electron chi connectivity index (χ0n) is 10.6. The molecule has 0 unspecified atom stereocenters. The molecule has 0 atom stereocenters. The fourth-order valence-electron chi connectivity index (χ4n) is 1.88. The van der Waals surface area contributed by atoms with Crippen molar-refractivity contribution in [2.75, 3.05) is 5.32 Å². The molecule has 5 heteroatoms. The molecule has 1 N–H and O–H groups in total. The van der Waals surface area contributed by atoms with Gasteiger partial charge in [0, 0.05) is 23.1 Å². The number of hydrogen-bond donors (Lipinski definition) is 1. The van der Waals surface area contributed by atoms with Crippen molar-refractivity contribution in [2.24, 2.45) is 7.05 Å². The van der Waals surface area contributed by atoms with Crippen LogP contribution in [-0.4, -0.2) is 9.78 Å². The molecule has 0 fully saturated rings. The quantitative estimate of drug-likeness (QED) is 0.920. The molecule has 2 rings (SSSR count). The van der Waals surface area contributed by atoms with Gasteiger partial charge in [-0.3, -0.25) is 4.68 Å². The fraction of sp³-hybridized carbons (Fsp3) is 0.308. The van der Waals surface area contributed by atoms with E-state index in [4.69, 9.17) is 11.6 Å². The Kier molecular flexibility index (Phi) is 3.97. The van der Waals surface area contributed by atoms with Gasteiger partial charge in [-0.2, -0.15) is 5.10 Å². The predicted molar refractivity (Wildman–Crippen MR) is 79.2 cm³/mol. The Balaban J connectivity index is 2.16. The lowest BCUT2D eigenvalue weighted by Crippen LogP contribution is -2.02. The molecule has 0 amide bonds. The number of rotatable bonds is 3. The molecule has 1 aromatic carbocycles. The van der Waals surface area contributed by atoms with Gasteiger partial charge in [0.2, 0.25) is 0 Å². The Hall–Kier alpha value is -1.000. The molecule has 18 heavy (non-hydrogen) atoms. The highest BCUT2D eigenvalue weighted by Gasteiger charge is 2.09. The number of aromatic nitrogens is 2. The first-order chi connectivity index (χ1) is 8.49. The monoisotopic (exact) mass is 327 g/mol. The van der Waals surface area contributed by atoms with Crippen molar-refractivity contribution in [1.82, 2.24) is 9.78 Å². The second-order valence-electron chi connectivity index (χ2n) is 4.26. The van der Waals surface area contributed by atoms with Crippen LogP contribution in [0.15, 0.2) is 22.7 Å². The Labute approximate surface area is 120 Å². The summed E-state index contributed by atoms with van der Waals surface area (Å²) in [4.78, 5) is 0. The minimum absolute atomic E-state index is 0.736. The largest absolute Gasteiger partial charge is 0.378 e. The van der Waals surface area contributed by atoms with Crippen molar-refractivity contribution in [3.8, 4) is 0 Å². The summed E-state index contributed by atoms with van der Waals surface area (Å²) in [5, 5.41) is 8.54. The van der Waals surface area contributed by atoms with Crippen molar-refractivity contribution in [3.05, 3.63) is 44.6 Å². The maximum absolute atomic E-state index is 5.92. The summed E-state index contributed by atoms with van der Waals surface area (Å²) in [5.41, 5.74) is 4.42. The van der Waals surface area contributed by atoms with E-state index >= 15 is 0 Å². The second kappa shape index (κ2) is 5.33. The Morgan fingerprint density at radius 1 is 1.39 bits per heavy atom. The summed E-state index contributed by atoms with van der Waals surface area (Å²) in [6.07, 6.45) is 0. The molecule has 0 aliphatic carbocycles. The van der Waals surface area contributed by atoms with Gasteiger partial charge in [-0.15, -0.1) is 0 Å². The second-order valence-corrected chi connectivity index (χ2v) is 5.55. The summed E-state index contributed by atoms with van der Waals surface area (Å²) in [6, 6.07) is 5.81. The van der Waals surface area contributed by atoms with Gasteiger partial charge in [-0.1, -0.05) is 33.6 Å². The average molecular weight is 329 g/mol. The predicted octanol–water partition coefficient (Wildman–Crippen LogP) is 4.06. The van der Waals surface area contributed by atoms with Gasteiger partial charge in [-0.05, 0) is 31.5 Å². The van der Waals surface area contributed by atoms with E-state index in [1.165, 1.54) is 5.56 Å². The van der Waals surface area contributed by atoms with Crippen molar-refractivity contribution >= 4 is 33.2 Å². The van der Waals surface area contributed by atoms with Gasteiger partial charge in [0.05, 0.1) is 17.1 Å². The normalized spacial score (nSPS) is 10.7. The number of halogens is 2. The first-order valence-electron chi connectivity index (χ1n) is 5.67. The minimum Gasteiger partial charge on any atom is -0.378 e. The number of nitrogens with zero attached hydrogens (tertiary/aromatic N) is 2. The van der Waals surface area contributed by atoms with E-state index in [2.05, 4.69) is 33.3 Å². The summed E-state index contributed by atoms with van der Waals surface area (Å²) >= 11 is 9.44. The van der Waals surface area contributed by atoms with E-state index in [0.29, 0.717) is 0 Å². The van der Waals surface area contributed by atoms with Crippen LogP contribution in [-0.2, 0) is 13.6 Å². The van der Waals surface area contributed by atoms with Crippen LogP contribution in [0.2, 0.25) is 5.02 Å². The summed E-state index contributed by atoms with van der Waals surface area (Å²) in [6.45, 7) is 4.80. The topological polar surface area (TPSA) is 29.9 Å².